The van der Waals surface area contributed by atoms with E-state index in [0.29, 0.717) is 13.0 Å². The molecule has 3 atom stereocenters. The van der Waals surface area contributed by atoms with Gasteiger partial charge in [0.05, 0.1) is 18.4 Å². The number of nitrogens with two attached hydrogens (primary N) is 1. The second-order valence-electron chi connectivity index (χ2n) is 5.86. The van der Waals surface area contributed by atoms with E-state index in [-0.39, 0.29) is 18.9 Å². The summed E-state index contributed by atoms with van der Waals surface area (Å²) in [6.07, 6.45) is -0.119. The fraction of sp³-hybridized carbons (Fsp3) is 0.529. The molecule has 0 aromatic heterocycles. The Hall–Kier alpha value is -1.92. The highest BCUT2D eigenvalue weighted by Crippen LogP contribution is 2.19. The zero-order valence-corrected chi connectivity index (χ0v) is 13.7. The van der Waals surface area contributed by atoms with Crippen LogP contribution < -0.4 is 11.1 Å². The molecule has 0 bridgehead atoms. The predicted molar refractivity (Wildman–Crippen MR) is 87.6 cm³/mol. The average molecular weight is 322 g/mol. The van der Waals surface area contributed by atoms with E-state index in [9.17, 15) is 19.8 Å². The van der Waals surface area contributed by atoms with Crippen LogP contribution in [-0.4, -0.2) is 34.7 Å². The maximum absolute atomic E-state index is 11.3. The number of benzene rings is 1. The van der Waals surface area contributed by atoms with Gasteiger partial charge in [-0.2, -0.15) is 0 Å². The molecule has 6 heteroatoms. The molecule has 23 heavy (non-hydrogen) atoms. The second-order valence-corrected chi connectivity index (χ2v) is 5.86. The van der Waals surface area contributed by atoms with Crippen molar-refractivity contribution in [3.63, 3.8) is 0 Å². The molecule has 0 radical (unpaired) electrons. The lowest BCUT2D eigenvalue weighted by molar-refractivity contribution is -0.148. The molecule has 6 nitrogen and oxygen atoms in total. The Morgan fingerprint density at radius 2 is 1.87 bits per heavy atom. The van der Waals surface area contributed by atoms with Crippen LogP contribution in [0.2, 0.25) is 0 Å². The molecule has 0 spiro atoms. The van der Waals surface area contributed by atoms with E-state index in [1.807, 2.05) is 38.1 Å². The number of aliphatic hydroxyl groups excluding tert-OH is 1. The van der Waals surface area contributed by atoms with Crippen molar-refractivity contribution in [1.82, 2.24) is 5.32 Å². The number of carboxylic acid groups (broad SMARTS) is 1. The normalized spacial score (nSPS) is 14.9. The van der Waals surface area contributed by atoms with Crippen molar-refractivity contribution in [2.75, 3.05) is 6.54 Å². The number of aliphatic carboxylic acids is 1. The number of amides is 1. The number of primary amides is 1. The highest BCUT2D eigenvalue weighted by Gasteiger charge is 2.30. The molecule has 1 aromatic carbocycles. The van der Waals surface area contributed by atoms with Crippen LogP contribution in [0.15, 0.2) is 24.3 Å². The third-order valence-electron chi connectivity index (χ3n) is 4.11. The largest absolute Gasteiger partial charge is 0.481 e. The molecule has 0 saturated carbocycles. The van der Waals surface area contributed by atoms with Gasteiger partial charge in [0.2, 0.25) is 5.91 Å². The first-order chi connectivity index (χ1) is 10.9. The maximum Gasteiger partial charge on any atom is 0.309 e. The summed E-state index contributed by atoms with van der Waals surface area (Å²) in [5.74, 6) is -2.29. The number of hydrogen-bond acceptors (Lipinski definition) is 4. The summed E-state index contributed by atoms with van der Waals surface area (Å²) >= 11 is 0. The van der Waals surface area contributed by atoms with Crippen LogP contribution >= 0.6 is 0 Å². The third kappa shape index (κ3) is 6.00. The Morgan fingerprint density at radius 1 is 1.26 bits per heavy atom. The predicted octanol–water partition coefficient (Wildman–Crippen LogP) is 0.912. The minimum Gasteiger partial charge on any atom is -0.481 e. The quantitative estimate of drug-likeness (QED) is 0.511. The molecular formula is C17H26N2O4. The van der Waals surface area contributed by atoms with E-state index >= 15 is 0 Å². The molecule has 0 heterocycles. The van der Waals surface area contributed by atoms with Gasteiger partial charge in [-0.1, -0.05) is 44.5 Å². The van der Waals surface area contributed by atoms with Crippen molar-refractivity contribution in [2.24, 2.45) is 17.6 Å². The number of aliphatic hydroxyl groups is 1. The van der Waals surface area contributed by atoms with Gasteiger partial charge in [0, 0.05) is 13.1 Å². The fourth-order valence-electron chi connectivity index (χ4n) is 2.61. The zero-order chi connectivity index (χ0) is 17.4. The lowest BCUT2D eigenvalue weighted by atomic mass is 9.87. The van der Waals surface area contributed by atoms with Gasteiger partial charge in [0.1, 0.15) is 0 Å². The van der Waals surface area contributed by atoms with Crippen molar-refractivity contribution in [2.45, 2.75) is 39.3 Å². The van der Waals surface area contributed by atoms with Crippen LogP contribution in [0.25, 0.3) is 0 Å². The van der Waals surface area contributed by atoms with E-state index in [2.05, 4.69) is 5.32 Å². The summed E-state index contributed by atoms with van der Waals surface area (Å²) in [6, 6.07) is 7.40. The zero-order valence-electron chi connectivity index (χ0n) is 13.7. The Labute approximate surface area is 136 Å². The first kappa shape index (κ1) is 19.1. The van der Waals surface area contributed by atoms with Crippen LogP contribution in [0.3, 0.4) is 0 Å². The Balaban J connectivity index is 2.62. The lowest BCUT2D eigenvalue weighted by Crippen LogP contribution is -2.40. The lowest BCUT2D eigenvalue weighted by Gasteiger charge is -2.24. The van der Waals surface area contributed by atoms with Crippen LogP contribution in [0.4, 0.5) is 0 Å². The van der Waals surface area contributed by atoms with Gasteiger partial charge in [-0.15, -0.1) is 0 Å². The van der Waals surface area contributed by atoms with Crippen molar-refractivity contribution >= 4 is 11.9 Å². The SMILES string of the molecule is CCC(C)C(C(=O)O)C(O)CNCc1ccccc1CC(N)=O. The number of rotatable bonds is 10. The van der Waals surface area contributed by atoms with E-state index in [4.69, 9.17) is 5.73 Å². The van der Waals surface area contributed by atoms with Crippen LogP contribution in [0.1, 0.15) is 31.4 Å². The number of nitrogens with one attached hydrogen (secondary N) is 1. The first-order valence-corrected chi connectivity index (χ1v) is 7.83. The minimum absolute atomic E-state index is 0.105. The third-order valence-corrected chi connectivity index (χ3v) is 4.11. The van der Waals surface area contributed by atoms with Gasteiger partial charge >= 0.3 is 5.97 Å². The van der Waals surface area contributed by atoms with Gasteiger partial charge in [-0.3, -0.25) is 9.59 Å². The summed E-state index contributed by atoms with van der Waals surface area (Å²) in [5.41, 5.74) is 6.97. The highest BCUT2D eigenvalue weighted by molar-refractivity contribution is 5.77. The van der Waals surface area contributed by atoms with Gasteiger partial charge in [0.15, 0.2) is 0 Å². The summed E-state index contributed by atoms with van der Waals surface area (Å²) in [5, 5.41) is 22.5. The van der Waals surface area contributed by atoms with Crippen LogP contribution in [0.5, 0.6) is 0 Å². The smallest absolute Gasteiger partial charge is 0.309 e. The topological polar surface area (TPSA) is 113 Å². The van der Waals surface area contributed by atoms with Gasteiger partial charge in [0.25, 0.3) is 0 Å². The first-order valence-electron chi connectivity index (χ1n) is 7.83. The molecule has 1 aromatic rings. The average Bonchev–Trinajstić information content (AvgIpc) is 2.48. The molecule has 5 N–H and O–H groups in total. The number of carbonyl (C=O) groups is 2. The van der Waals surface area contributed by atoms with Gasteiger partial charge < -0.3 is 21.3 Å². The molecule has 0 aliphatic rings. The molecule has 1 amide bonds. The Kier molecular flexibility index (Phi) is 7.71. The molecule has 0 aliphatic heterocycles. The summed E-state index contributed by atoms with van der Waals surface area (Å²) in [6.45, 7) is 4.34. The molecule has 0 fully saturated rings. The highest BCUT2D eigenvalue weighted by atomic mass is 16.4. The van der Waals surface area contributed by atoms with E-state index in [1.54, 1.807) is 0 Å². The summed E-state index contributed by atoms with van der Waals surface area (Å²) in [7, 11) is 0. The van der Waals surface area contributed by atoms with Crippen molar-refractivity contribution < 1.29 is 19.8 Å². The fourth-order valence-corrected chi connectivity index (χ4v) is 2.61. The van der Waals surface area contributed by atoms with E-state index in [0.717, 1.165) is 11.1 Å². The number of carbonyl (C=O) groups excluding carboxylic acids is 1. The molecule has 3 unspecified atom stereocenters. The summed E-state index contributed by atoms with van der Waals surface area (Å²) < 4.78 is 0. The Morgan fingerprint density at radius 3 is 2.39 bits per heavy atom. The van der Waals surface area contributed by atoms with E-state index < -0.39 is 23.9 Å². The van der Waals surface area contributed by atoms with Crippen molar-refractivity contribution in [3.05, 3.63) is 35.4 Å². The van der Waals surface area contributed by atoms with Crippen molar-refractivity contribution in [1.29, 1.82) is 0 Å². The van der Waals surface area contributed by atoms with Crippen LogP contribution in [-0.2, 0) is 22.6 Å². The molecule has 0 saturated heterocycles. The molecule has 1 rings (SSSR count). The van der Waals surface area contributed by atoms with E-state index in [1.165, 1.54) is 0 Å². The Bertz CT molecular complexity index is 533. The molecule has 0 aliphatic carbocycles. The maximum atomic E-state index is 11.3. The number of hydrogen-bond donors (Lipinski definition) is 4. The molecule has 128 valence electrons. The van der Waals surface area contributed by atoms with Gasteiger partial charge in [-0.25, -0.2) is 0 Å². The minimum atomic E-state index is -0.984. The van der Waals surface area contributed by atoms with Gasteiger partial charge in [-0.05, 0) is 17.0 Å². The van der Waals surface area contributed by atoms with Crippen molar-refractivity contribution in [3.8, 4) is 0 Å². The standard InChI is InChI=1S/C17H26N2O4/c1-3-11(2)16(17(22)23)14(20)10-19-9-13-7-5-4-6-12(13)8-15(18)21/h4-7,11,14,16,19-20H,3,8-10H2,1-2H3,(H2,18,21)(H,22,23). The summed E-state index contributed by atoms with van der Waals surface area (Å²) in [4.78, 5) is 22.4. The molecular weight excluding hydrogens is 296 g/mol. The number of carboxylic acids is 1. The second kappa shape index (κ2) is 9.27. The van der Waals surface area contributed by atoms with Crippen LogP contribution in [0, 0.1) is 11.8 Å². The monoisotopic (exact) mass is 322 g/mol.